The van der Waals surface area contributed by atoms with Crippen molar-refractivity contribution < 1.29 is 18.3 Å². The summed E-state index contributed by atoms with van der Waals surface area (Å²) in [5, 5.41) is 9.09. The van der Waals surface area contributed by atoms with Crippen molar-refractivity contribution in [3.8, 4) is 0 Å². The van der Waals surface area contributed by atoms with Crippen molar-refractivity contribution in [2.75, 3.05) is 11.4 Å². The van der Waals surface area contributed by atoms with Crippen LogP contribution in [0.1, 0.15) is 10.4 Å². The first-order chi connectivity index (χ1) is 9.84. The molecule has 0 aliphatic heterocycles. The fraction of sp³-hybridized carbons (Fsp3) is 0.0769. The lowest BCUT2D eigenvalue weighted by atomic mass is 10.2. The van der Waals surface area contributed by atoms with Crippen LogP contribution in [0.3, 0.4) is 0 Å². The number of aromatic nitrogens is 1. The number of halogens is 1. The van der Waals surface area contributed by atoms with Crippen LogP contribution in [0.25, 0.3) is 0 Å². The summed E-state index contributed by atoms with van der Waals surface area (Å²) in [6, 6.07) is 8.90. The summed E-state index contributed by atoms with van der Waals surface area (Å²) in [6.45, 7) is 0. The molecule has 0 radical (unpaired) electrons. The minimum Gasteiger partial charge on any atom is -0.478 e. The van der Waals surface area contributed by atoms with Crippen molar-refractivity contribution in [2.24, 2.45) is 0 Å². The van der Waals surface area contributed by atoms with Gasteiger partial charge in [-0.1, -0.05) is 6.07 Å². The zero-order valence-corrected chi connectivity index (χ0v) is 13.9. The maximum atomic E-state index is 12.5. The molecule has 0 spiro atoms. The number of aromatic carboxylic acids is 1. The fourth-order valence-electron chi connectivity index (χ4n) is 1.65. The molecule has 0 bridgehead atoms. The molecule has 0 amide bonds. The third kappa shape index (κ3) is 3.16. The number of nitrogens with zero attached hydrogens (tertiary/aromatic N) is 2. The van der Waals surface area contributed by atoms with Crippen LogP contribution in [0.2, 0.25) is 0 Å². The van der Waals surface area contributed by atoms with Crippen LogP contribution in [0.15, 0.2) is 47.5 Å². The third-order valence-corrected chi connectivity index (χ3v) is 5.50. The van der Waals surface area contributed by atoms with Gasteiger partial charge in [0, 0.05) is 16.8 Å². The Balaban J connectivity index is 2.50. The van der Waals surface area contributed by atoms with Gasteiger partial charge in [0.15, 0.2) is 0 Å². The maximum absolute atomic E-state index is 12.5. The minimum absolute atomic E-state index is 0.0499. The number of carboxylic acid groups (broad SMARTS) is 1. The van der Waals surface area contributed by atoms with E-state index < -0.39 is 16.0 Å². The minimum atomic E-state index is -3.86. The zero-order chi connectivity index (χ0) is 15.6. The summed E-state index contributed by atoms with van der Waals surface area (Å²) in [7, 11) is -2.49. The molecule has 2 rings (SSSR count). The first-order valence-corrected chi connectivity index (χ1v) is 8.28. The van der Waals surface area contributed by atoms with Crippen LogP contribution in [0.5, 0.6) is 0 Å². The average Bonchev–Trinajstić information content (AvgIpc) is 2.47. The molecule has 0 unspecified atom stereocenters. The average molecular weight is 418 g/mol. The van der Waals surface area contributed by atoms with Gasteiger partial charge in [0.1, 0.15) is 5.82 Å². The second kappa shape index (κ2) is 5.98. The Morgan fingerprint density at radius 3 is 2.57 bits per heavy atom. The van der Waals surface area contributed by atoms with Gasteiger partial charge in [-0.3, -0.25) is 4.31 Å². The van der Waals surface area contributed by atoms with Crippen LogP contribution in [-0.4, -0.2) is 31.5 Å². The second-order valence-corrected chi connectivity index (χ2v) is 7.24. The van der Waals surface area contributed by atoms with Crippen molar-refractivity contribution in [1.29, 1.82) is 0 Å². The first kappa shape index (κ1) is 15.7. The summed E-state index contributed by atoms with van der Waals surface area (Å²) in [6.07, 6.45) is 1.48. The summed E-state index contributed by atoms with van der Waals surface area (Å²) in [5.41, 5.74) is -0.0499. The van der Waals surface area contributed by atoms with Crippen molar-refractivity contribution in [2.45, 2.75) is 4.90 Å². The van der Waals surface area contributed by atoms with E-state index in [4.69, 9.17) is 5.11 Å². The summed E-state index contributed by atoms with van der Waals surface area (Å²) >= 11 is 1.85. The van der Waals surface area contributed by atoms with Crippen molar-refractivity contribution >= 4 is 44.4 Å². The van der Waals surface area contributed by atoms with Crippen LogP contribution < -0.4 is 4.31 Å². The Kier molecular flexibility index (Phi) is 4.47. The number of carbonyl (C=O) groups is 1. The molecule has 0 fully saturated rings. The Hall–Kier alpha value is -1.68. The smallest absolute Gasteiger partial charge is 0.336 e. The van der Waals surface area contributed by atoms with Crippen molar-refractivity contribution in [3.05, 3.63) is 51.7 Å². The molecule has 2 aromatic rings. The van der Waals surface area contributed by atoms with Gasteiger partial charge in [0.2, 0.25) is 0 Å². The zero-order valence-electron chi connectivity index (χ0n) is 10.9. The number of benzene rings is 1. The predicted molar refractivity (Wildman–Crippen MR) is 85.9 cm³/mol. The lowest BCUT2D eigenvalue weighted by Gasteiger charge is -2.18. The van der Waals surface area contributed by atoms with E-state index in [1.54, 1.807) is 18.2 Å². The number of anilines is 1. The highest BCUT2D eigenvalue weighted by atomic mass is 127. The Bertz CT molecular complexity index is 778. The third-order valence-electron chi connectivity index (χ3n) is 2.80. The van der Waals surface area contributed by atoms with Crippen molar-refractivity contribution in [3.63, 3.8) is 0 Å². The van der Waals surface area contributed by atoms with Gasteiger partial charge in [0.05, 0.1) is 10.5 Å². The van der Waals surface area contributed by atoms with E-state index in [0.717, 1.165) is 10.4 Å². The van der Waals surface area contributed by atoms with Crippen molar-refractivity contribution in [1.82, 2.24) is 4.98 Å². The van der Waals surface area contributed by atoms with E-state index in [-0.39, 0.29) is 16.3 Å². The highest BCUT2D eigenvalue weighted by Gasteiger charge is 2.24. The van der Waals surface area contributed by atoms with E-state index in [9.17, 15) is 13.2 Å². The molecule has 6 nitrogen and oxygen atoms in total. The van der Waals surface area contributed by atoms with Gasteiger partial charge in [-0.25, -0.2) is 18.2 Å². The SMILES string of the molecule is CN(c1ccccn1)S(=O)(=O)c1ccc(I)c(C(=O)O)c1. The molecule has 1 heterocycles. The Labute approximate surface area is 135 Å². The lowest BCUT2D eigenvalue weighted by molar-refractivity contribution is 0.0695. The largest absolute Gasteiger partial charge is 0.478 e. The van der Waals surface area contributed by atoms with E-state index in [1.165, 1.54) is 25.4 Å². The molecule has 0 saturated carbocycles. The first-order valence-electron chi connectivity index (χ1n) is 5.77. The normalized spacial score (nSPS) is 11.1. The maximum Gasteiger partial charge on any atom is 0.336 e. The van der Waals surface area contributed by atoms with Crippen LogP contribution in [-0.2, 0) is 10.0 Å². The van der Waals surface area contributed by atoms with E-state index in [1.807, 2.05) is 22.6 Å². The van der Waals surface area contributed by atoms with Crippen LogP contribution >= 0.6 is 22.6 Å². The number of hydrogen-bond donors (Lipinski definition) is 1. The Morgan fingerprint density at radius 1 is 1.29 bits per heavy atom. The molecule has 0 atom stereocenters. The standard InChI is InChI=1S/C13H11IN2O4S/c1-16(12-4-2-3-7-15-12)21(19,20)9-5-6-11(14)10(8-9)13(17)18/h2-8H,1H3,(H,17,18). The molecule has 0 aliphatic carbocycles. The van der Waals surface area contributed by atoms with Gasteiger partial charge >= 0.3 is 5.97 Å². The monoisotopic (exact) mass is 418 g/mol. The highest BCUT2D eigenvalue weighted by Crippen LogP contribution is 2.23. The quantitative estimate of drug-likeness (QED) is 0.770. The molecular weight excluding hydrogens is 407 g/mol. The van der Waals surface area contributed by atoms with Crippen LogP contribution in [0.4, 0.5) is 5.82 Å². The van der Waals surface area contributed by atoms with Gasteiger partial charge in [-0.15, -0.1) is 0 Å². The molecule has 21 heavy (non-hydrogen) atoms. The lowest BCUT2D eigenvalue weighted by Crippen LogP contribution is -2.27. The van der Waals surface area contributed by atoms with Gasteiger partial charge in [0.25, 0.3) is 10.0 Å². The van der Waals surface area contributed by atoms with Crippen LogP contribution in [0, 0.1) is 3.57 Å². The van der Waals surface area contributed by atoms with E-state index in [0.29, 0.717) is 3.57 Å². The molecule has 1 aromatic heterocycles. The molecule has 8 heteroatoms. The number of rotatable bonds is 4. The number of carboxylic acids is 1. The van der Waals surface area contributed by atoms with E-state index in [2.05, 4.69) is 4.98 Å². The van der Waals surface area contributed by atoms with Gasteiger partial charge in [-0.05, 0) is 52.9 Å². The number of hydrogen-bond acceptors (Lipinski definition) is 4. The highest BCUT2D eigenvalue weighted by molar-refractivity contribution is 14.1. The summed E-state index contributed by atoms with van der Waals surface area (Å²) in [5.74, 6) is -0.912. The number of sulfonamides is 1. The molecule has 1 aromatic carbocycles. The van der Waals surface area contributed by atoms with Gasteiger partial charge in [-0.2, -0.15) is 0 Å². The molecule has 0 aliphatic rings. The van der Waals surface area contributed by atoms with Gasteiger partial charge < -0.3 is 5.11 Å². The predicted octanol–water partition coefficient (Wildman–Crippen LogP) is 2.21. The summed E-state index contributed by atoms with van der Waals surface area (Å²) < 4.78 is 26.5. The van der Waals surface area contributed by atoms with E-state index >= 15 is 0 Å². The summed E-state index contributed by atoms with van der Waals surface area (Å²) in [4.78, 5) is 15.0. The molecular formula is C13H11IN2O4S. The molecule has 0 saturated heterocycles. The second-order valence-electron chi connectivity index (χ2n) is 4.11. The fourth-order valence-corrected chi connectivity index (χ4v) is 3.39. The number of pyridine rings is 1. The topological polar surface area (TPSA) is 87.6 Å². The molecule has 110 valence electrons. The Morgan fingerprint density at radius 2 is 2.00 bits per heavy atom. The molecule has 1 N–H and O–H groups in total.